The normalized spacial score (nSPS) is 14.4. The fourth-order valence-corrected chi connectivity index (χ4v) is 4.38. The van der Waals surface area contributed by atoms with Crippen LogP contribution >= 0.6 is 0 Å². The van der Waals surface area contributed by atoms with Crippen molar-refractivity contribution in [3.05, 3.63) is 42.1 Å². The highest BCUT2D eigenvalue weighted by molar-refractivity contribution is 5.94. The van der Waals surface area contributed by atoms with E-state index < -0.39 is 0 Å². The van der Waals surface area contributed by atoms with E-state index in [1.54, 1.807) is 9.58 Å². The molecule has 0 unspecified atom stereocenters. The second-order valence-corrected chi connectivity index (χ2v) is 10.3. The Morgan fingerprint density at radius 1 is 1.15 bits per heavy atom. The molecule has 0 saturated heterocycles. The van der Waals surface area contributed by atoms with Crippen molar-refractivity contribution in [2.75, 3.05) is 18.4 Å². The van der Waals surface area contributed by atoms with Crippen LogP contribution in [0.5, 0.6) is 0 Å². The zero-order valence-corrected chi connectivity index (χ0v) is 20.8. The van der Waals surface area contributed by atoms with Gasteiger partial charge >= 0.3 is 0 Å². The first-order valence-corrected chi connectivity index (χ1v) is 12.5. The minimum Gasteiger partial charge on any atom is -0.333 e. The molecular formula is C27H40N4O2. The molecule has 0 radical (unpaired) electrons. The Balaban J connectivity index is 1.71. The highest BCUT2D eigenvalue weighted by Gasteiger charge is 2.24. The summed E-state index contributed by atoms with van der Waals surface area (Å²) < 4.78 is 1.77. The van der Waals surface area contributed by atoms with Gasteiger partial charge in [0.15, 0.2) is 0 Å². The van der Waals surface area contributed by atoms with Crippen LogP contribution in [0.4, 0.5) is 5.82 Å². The van der Waals surface area contributed by atoms with Crippen LogP contribution in [0.3, 0.4) is 0 Å². The summed E-state index contributed by atoms with van der Waals surface area (Å²) in [6.45, 7) is 9.12. The van der Waals surface area contributed by atoms with Crippen molar-refractivity contribution < 1.29 is 9.59 Å². The Morgan fingerprint density at radius 3 is 2.48 bits per heavy atom. The number of anilines is 1. The standard InChI is InChI=1S/C27H40N4O2/c1-5-6-18-30(26(33)17-16-21-12-10-11-13-21)20-25(32)28-24-19-23(27(2,3)4)29-31(24)22-14-8-7-9-15-22/h7-9,14-15,19,21H,5-6,10-13,16-18,20H2,1-4H3,(H,28,32). The van der Waals surface area contributed by atoms with Gasteiger partial charge in [0.25, 0.3) is 0 Å². The van der Waals surface area contributed by atoms with Gasteiger partial charge in [-0.1, -0.05) is 78.0 Å². The molecule has 1 aliphatic rings. The number of rotatable bonds is 10. The summed E-state index contributed by atoms with van der Waals surface area (Å²) in [5.41, 5.74) is 1.64. The monoisotopic (exact) mass is 452 g/mol. The molecule has 2 amide bonds. The topological polar surface area (TPSA) is 67.2 Å². The lowest BCUT2D eigenvalue weighted by atomic mass is 9.92. The first kappa shape index (κ1) is 25.0. The number of hydrogen-bond donors (Lipinski definition) is 1. The summed E-state index contributed by atoms with van der Waals surface area (Å²) in [6.07, 6.45) is 8.42. The van der Waals surface area contributed by atoms with E-state index in [0.29, 0.717) is 24.7 Å². The molecule has 6 nitrogen and oxygen atoms in total. The maximum Gasteiger partial charge on any atom is 0.245 e. The molecule has 2 aromatic rings. The van der Waals surface area contributed by atoms with E-state index in [1.807, 2.05) is 36.4 Å². The quantitative estimate of drug-likeness (QED) is 0.502. The van der Waals surface area contributed by atoms with Crippen molar-refractivity contribution in [2.24, 2.45) is 5.92 Å². The van der Waals surface area contributed by atoms with E-state index in [9.17, 15) is 9.59 Å². The van der Waals surface area contributed by atoms with Crippen LogP contribution in [0.15, 0.2) is 36.4 Å². The maximum atomic E-state index is 13.0. The molecule has 0 aliphatic heterocycles. The number of unbranched alkanes of at least 4 members (excludes halogenated alkanes) is 1. The molecule has 1 aliphatic carbocycles. The van der Waals surface area contributed by atoms with Crippen LogP contribution in [0.2, 0.25) is 0 Å². The molecule has 1 aromatic carbocycles. The number of amides is 2. The molecule has 0 spiro atoms. The number of nitrogens with zero attached hydrogens (tertiary/aromatic N) is 3. The van der Waals surface area contributed by atoms with Crippen molar-refractivity contribution in [2.45, 2.75) is 84.5 Å². The van der Waals surface area contributed by atoms with Gasteiger partial charge in [0.1, 0.15) is 5.82 Å². The van der Waals surface area contributed by atoms with Crippen LogP contribution in [-0.4, -0.2) is 39.6 Å². The van der Waals surface area contributed by atoms with Gasteiger partial charge in [0.05, 0.1) is 17.9 Å². The highest BCUT2D eigenvalue weighted by atomic mass is 16.2. The fraction of sp³-hybridized carbons (Fsp3) is 0.593. The second-order valence-electron chi connectivity index (χ2n) is 10.3. The SMILES string of the molecule is CCCCN(CC(=O)Nc1cc(C(C)(C)C)nn1-c1ccccc1)C(=O)CCC1CCCC1. The smallest absolute Gasteiger partial charge is 0.245 e. The maximum absolute atomic E-state index is 13.0. The van der Waals surface area contributed by atoms with Crippen molar-refractivity contribution in [1.82, 2.24) is 14.7 Å². The number of hydrogen-bond acceptors (Lipinski definition) is 3. The summed E-state index contributed by atoms with van der Waals surface area (Å²) in [5, 5.41) is 7.79. The molecule has 1 aromatic heterocycles. The first-order chi connectivity index (χ1) is 15.8. The Labute approximate surface area is 198 Å². The number of aromatic nitrogens is 2. The van der Waals surface area contributed by atoms with Crippen molar-refractivity contribution in [3.63, 3.8) is 0 Å². The van der Waals surface area contributed by atoms with Crippen LogP contribution in [0.25, 0.3) is 5.69 Å². The van der Waals surface area contributed by atoms with Gasteiger partial charge in [-0.3, -0.25) is 9.59 Å². The lowest BCUT2D eigenvalue weighted by Gasteiger charge is -2.23. The lowest BCUT2D eigenvalue weighted by molar-refractivity contribution is -0.135. The van der Waals surface area contributed by atoms with Crippen LogP contribution < -0.4 is 5.32 Å². The van der Waals surface area contributed by atoms with Gasteiger partial charge in [0.2, 0.25) is 11.8 Å². The molecule has 1 saturated carbocycles. The minimum atomic E-state index is -0.183. The van der Waals surface area contributed by atoms with E-state index >= 15 is 0 Å². The van der Waals surface area contributed by atoms with E-state index in [0.717, 1.165) is 30.6 Å². The lowest BCUT2D eigenvalue weighted by Crippen LogP contribution is -2.39. The molecule has 6 heteroatoms. The predicted octanol–water partition coefficient (Wildman–Crippen LogP) is 5.71. The molecule has 0 bridgehead atoms. The highest BCUT2D eigenvalue weighted by Crippen LogP contribution is 2.29. The van der Waals surface area contributed by atoms with Gasteiger partial charge in [-0.25, -0.2) is 4.68 Å². The number of carbonyl (C=O) groups is 2. The summed E-state index contributed by atoms with van der Waals surface area (Å²) in [6, 6.07) is 11.7. The van der Waals surface area contributed by atoms with Gasteiger partial charge < -0.3 is 10.2 Å². The number of carbonyl (C=O) groups excluding carboxylic acids is 2. The summed E-state index contributed by atoms with van der Waals surface area (Å²) >= 11 is 0. The Morgan fingerprint density at radius 2 is 1.85 bits per heavy atom. The third-order valence-electron chi connectivity index (χ3n) is 6.46. The van der Waals surface area contributed by atoms with Crippen LogP contribution in [0.1, 0.15) is 84.8 Å². The average Bonchev–Trinajstić information content (AvgIpc) is 3.45. The first-order valence-electron chi connectivity index (χ1n) is 12.5. The van der Waals surface area contributed by atoms with Gasteiger partial charge in [-0.05, 0) is 30.9 Å². The largest absolute Gasteiger partial charge is 0.333 e. The number of nitrogens with one attached hydrogen (secondary N) is 1. The van der Waals surface area contributed by atoms with Gasteiger partial charge in [-0.15, -0.1) is 0 Å². The molecule has 33 heavy (non-hydrogen) atoms. The van der Waals surface area contributed by atoms with E-state index in [2.05, 4.69) is 33.0 Å². The molecule has 0 atom stereocenters. The molecule has 180 valence electrons. The van der Waals surface area contributed by atoms with Gasteiger partial charge in [-0.2, -0.15) is 5.10 Å². The summed E-state index contributed by atoms with van der Waals surface area (Å²) in [7, 11) is 0. The Kier molecular flexibility index (Phi) is 8.70. The van der Waals surface area contributed by atoms with Crippen molar-refractivity contribution in [3.8, 4) is 5.69 Å². The van der Waals surface area contributed by atoms with E-state index in [1.165, 1.54) is 25.7 Å². The molecule has 1 fully saturated rings. The average molecular weight is 453 g/mol. The zero-order chi connectivity index (χ0) is 23.8. The van der Waals surface area contributed by atoms with Crippen molar-refractivity contribution in [1.29, 1.82) is 0 Å². The summed E-state index contributed by atoms with van der Waals surface area (Å²) in [5.74, 6) is 1.21. The molecule has 1 N–H and O–H groups in total. The van der Waals surface area contributed by atoms with Crippen LogP contribution in [0, 0.1) is 5.92 Å². The second kappa shape index (κ2) is 11.5. The molecule has 1 heterocycles. The predicted molar refractivity (Wildman–Crippen MR) is 134 cm³/mol. The minimum absolute atomic E-state index is 0.0777. The summed E-state index contributed by atoms with van der Waals surface area (Å²) in [4.78, 5) is 27.7. The molecular weight excluding hydrogens is 412 g/mol. The fourth-order valence-electron chi connectivity index (χ4n) is 4.38. The molecule has 3 rings (SSSR count). The number of para-hydroxylation sites is 1. The van der Waals surface area contributed by atoms with Crippen LogP contribution in [-0.2, 0) is 15.0 Å². The van der Waals surface area contributed by atoms with E-state index in [4.69, 9.17) is 5.10 Å². The third-order valence-corrected chi connectivity index (χ3v) is 6.46. The van der Waals surface area contributed by atoms with E-state index in [-0.39, 0.29) is 23.8 Å². The zero-order valence-electron chi connectivity index (χ0n) is 20.8. The number of benzene rings is 1. The Hall–Kier alpha value is -2.63. The van der Waals surface area contributed by atoms with Crippen molar-refractivity contribution >= 4 is 17.6 Å². The third kappa shape index (κ3) is 7.18. The Bertz CT molecular complexity index is 908. The van der Waals surface area contributed by atoms with Gasteiger partial charge in [0, 0.05) is 24.4 Å².